The summed E-state index contributed by atoms with van der Waals surface area (Å²) in [7, 11) is 0. The molecule has 0 aliphatic carbocycles. The van der Waals surface area contributed by atoms with Gasteiger partial charge >= 0.3 is 6.18 Å². The zero-order chi connectivity index (χ0) is 26.3. The van der Waals surface area contributed by atoms with Gasteiger partial charge in [-0.25, -0.2) is 4.98 Å². The predicted molar refractivity (Wildman–Crippen MR) is 132 cm³/mol. The number of ether oxygens (including phenoxy) is 2. The molecular formula is C28H26F3N3O4. The highest BCUT2D eigenvalue weighted by atomic mass is 19.4. The molecular weight excluding hydrogens is 499 g/mol. The fraction of sp³-hybridized carbons (Fsp3) is 0.357. The molecule has 0 radical (unpaired) electrons. The first kappa shape index (κ1) is 24.5. The molecule has 198 valence electrons. The number of piperidine rings is 1. The maximum absolute atomic E-state index is 13.3. The van der Waals surface area contributed by atoms with Gasteiger partial charge in [-0.3, -0.25) is 4.79 Å². The minimum Gasteiger partial charge on any atom is -0.426 e. The first-order chi connectivity index (χ1) is 18.4. The Morgan fingerprint density at radius 1 is 1.00 bits per heavy atom. The molecule has 0 unspecified atom stereocenters. The van der Waals surface area contributed by atoms with Crippen molar-refractivity contribution in [3.8, 4) is 11.7 Å². The lowest BCUT2D eigenvalue weighted by Gasteiger charge is -2.33. The number of imidazole rings is 1. The Balaban J connectivity index is 1.20. The molecule has 0 bridgehead atoms. The molecule has 2 fully saturated rings. The number of nitrogens with zero attached hydrogens (tertiary/aromatic N) is 3. The SMILES string of the molecule is O=C(c1ccc(Oc2ccccc2)o1)N1CCC(n2c([C@@H]3CCCO3)nc3cc(C(F)(F)F)ccc32)CC1. The summed E-state index contributed by atoms with van der Waals surface area (Å²) in [5.74, 6) is 1.48. The number of fused-ring (bicyclic) bond motifs is 1. The molecule has 0 N–H and O–H groups in total. The number of hydrogen-bond donors (Lipinski definition) is 0. The van der Waals surface area contributed by atoms with E-state index in [0.29, 0.717) is 55.1 Å². The van der Waals surface area contributed by atoms with Crippen LogP contribution in [0.15, 0.2) is 65.1 Å². The van der Waals surface area contributed by atoms with E-state index < -0.39 is 11.7 Å². The Morgan fingerprint density at radius 3 is 2.50 bits per heavy atom. The molecule has 2 aromatic heterocycles. The number of rotatable bonds is 5. The van der Waals surface area contributed by atoms with Crippen molar-refractivity contribution in [1.29, 1.82) is 0 Å². The van der Waals surface area contributed by atoms with Gasteiger partial charge in [-0.1, -0.05) is 18.2 Å². The second-order valence-corrected chi connectivity index (χ2v) is 9.60. The molecule has 2 aromatic carbocycles. The van der Waals surface area contributed by atoms with E-state index in [9.17, 15) is 18.0 Å². The van der Waals surface area contributed by atoms with E-state index >= 15 is 0 Å². The standard InChI is InChI=1S/C28H26F3N3O4/c29-28(30,31)18-8-9-22-21(17-18)32-26(23-7-4-16-36-23)34(22)19-12-14-33(15-13-19)27(35)24-10-11-25(38-24)37-20-5-2-1-3-6-20/h1-3,5-6,8-11,17,19,23H,4,7,12-16H2/t23-/m0/s1. The summed E-state index contributed by atoms with van der Waals surface area (Å²) in [6, 6.07) is 16.1. The highest BCUT2D eigenvalue weighted by Crippen LogP contribution is 2.38. The van der Waals surface area contributed by atoms with Crippen molar-refractivity contribution in [2.24, 2.45) is 0 Å². The Kier molecular flexibility index (Phi) is 6.35. The number of alkyl halides is 3. The predicted octanol–water partition coefficient (Wildman–Crippen LogP) is 6.77. The van der Waals surface area contributed by atoms with Crippen LogP contribution in [0.25, 0.3) is 11.0 Å². The third-order valence-electron chi connectivity index (χ3n) is 7.13. The summed E-state index contributed by atoms with van der Waals surface area (Å²) in [6.07, 6.45) is -1.77. The van der Waals surface area contributed by atoms with Crippen LogP contribution in [0.3, 0.4) is 0 Å². The third kappa shape index (κ3) is 4.76. The number of carbonyl (C=O) groups is 1. The molecule has 2 aliphatic rings. The smallest absolute Gasteiger partial charge is 0.416 e. The number of halogens is 3. The van der Waals surface area contributed by atoms with Gasteiger partial charge < -0.3 is 23.4 Å². The van der Waals surface area contributed by atoms with Crippen LogP contribution in [0, 0.1) is 0 Å². The number of para-hydroxylation sites is 1. The monoisotopic (exact) mass is 525 g/mol. The lowest BCUT2D eigenvalue weighted by Crippen LogP contribution is -2.39. The molecule has 2 aliphatic heterocycles. The topological polar surface area (TPSA) is 69.7 Å². The summed E-state index contributed by atoms with van der Waals surface area (Å²) in [4.78, 5) is 19.5. The van der Waals surface area contributed by atoms with Crippen LogP contribution in [0.5, 0.6) is 11.7 Å². The Bertz CT molecular complexity index is 1430. The van der Waals surface area contributed by atoms with Gasteiger partial charge in [-0.2, -0.15) is 13.2 Å². The molecule has 0 spiro atoms. The number of aromatic nitrogens is 2. The number of amides is 1. The second-order valence-electron chi connectivity index (χ2n) is 9.60. The number of furan rings is 1. The van der Waals surface area contributed by atoms with Crippen molar-refractivity contribution in [2.75, 3.05) is 19.7 Å². The van der Waals surface area contributed by atoms with E-state index in [1.54, 1.807) is 29.2 Å². The number of hydrogen-bond acceptors (Lipinski definition) is 5. The van der Waals surface area contributed by atoms with Crippen molar-refractivity contribution >= 4 is 16.9 Å². The Morgan fingerprint density at radius 2 is 1.79 bits per heavy atom. The fourth-order valence-electron chi connectivity index (χ4n) is 5.26. The van der Waals surface area contributed by atoms with E-state index in [1.165, 1.54) is 6.07 Å². The van der Waals surface area contributed by atoms with Gasteiger partial charge in [0.2, 0.25) is 0 Å². The van der Waals surface area contributed by atoms with Crippen LogP contribution in [-0.4, -0.2) is 40.1 Å². The normalized spacial score (nSPS) is 18.8. The van der Waals surface area contributed by atoms with Gasteiger partial charge in [0.1, 0.15) is 17.7 Å². The van der Waals surface area contributed by atoms with Crippen molar-refractivity contribution in [1.82, 2.24) is 14.5 Å². The van der Waals surface area contributed by atoms with Crippen LogP contribution < -0.4 is 4.74 Å². The van der Waals surface area contributed by atoms with Gasteiger partial charge in [0.15, 0.2) is 5.76 Å². The van der Waals surface area contributed by atoms with Crippen LogP contribution >= 0.6 is 0 Å². The Hall–Kier alpha value is -3.79. The van der Waals surface area contributed by atoms with Crippen LogP contribution in [0.2, 0.25) is 0 Å². The fourth-order valence-corrected chi connectivity index (χ4v) is 5.26. The molecule has 7 nitrogen and oxygen atoms in total. The summed E-state index contributed by atoms with van der Waals surface area (Å²) >= 11 is 0. The zero-order valence-corrected chi connectivity index (χ0v) is 20.5. The minimum absolute atomic E-state index is 0.0198. The Labute approximate surface area is 216 Å². The van der Waals surface area contributed by atoms with E-state index in [0.717, 1.165) is 25.0 Å². The van der Waals surface area contributed by atoms with Crippen LogP contribution in [-0.2, 0) is 10.9 Å². The van der Waals surface area contributed by atoms with Crippen molar-refractivity contribution < 1.29 is 31.9 Å². The number of benzene rings is 2. The molecule has 10 heteroatoms. The molecule has 1 atom stereocenters. The van der Waals surface area contributed by atoms with Gasteiger partial charge in [0.05, 0.1) is 16.6 Å². The van der Waals surface area contributed by atoms with Gasteiger partial charge in [0.25, 0.3) is 11.9 Å². The van der Waals surface area contributed by atoms with E-state index in [1.807, 2.05) is 22.8 Å². The van der Waals surface area contributed by atoms with E-state index in [4.69, 9.17) is 13.9 Å². The summed E-state index contributed by atoms with van der Waals surface area (Å²) in [6.45, 7) is 1.56. The van der Waals surface area contributed by atoms with Crippen LogP contribution in [0.4, 0.5) is 13.2 Å². The molecule has 2 saturated heterocycles. The van der Waals surface area contributed by atoms with Crippen molar-refractivity contribution in [2.45, 2.75) is 44.0 Å². The lowest BCUT2D eigenvalue weighted by molar-refractivity contribution is -0.137. The summed E-state index contributed by atoms with van der Waals surface area (Å²) < 4.78 is 59.2. The number of likely N-dealkylation sites (tertiary alicyclic amines) is 1. The minimum atomic E-state index is -4.44. The molecule has 1 amide bonds. The molecule has 38 heavy (non-hydrogen) atoms. The van der Waals surface area contributed by atoms with Crippen molar-refractivity contribution in [3.63, 3.8) is 0 Å². The largest absolute Gasteiger partial charge is 0.426 e. The lowest BCUT2D eigenvalue weighted by atomic mass is 10.0. The summed E-state index contributed by atoms with van der Waals surface area (Å²) in [5.41, 5.74) is 0.246. The van der Waals surface area contributed by atoms with E-state index in [2.05, 4.69) is 4.98 Å². The first-order valence-electron chi connectivity index (χ1n) is 12.7. The molecule has 6 rings (SSSR count). The first-order valence-corrected chi connectivity index (χ1v) is 12.7. The van der Waals surface area contributed by atoms with E-state index in [-0.39, 0.29) is 29.8 Å². The van der Waals surface area contributed by atoms with Crippen molar-refractivity contribution in [3.05, 3.63) is 77.8 Å². The maximum atomic E-state index is 13.3. The maximum Gasteiger partial charge on any atom is 0.416 e. The highest BCUT2D eigenvalue weighted by molar-refractivity contribution is 5.91. The molecule has 0 saturated carbocycles. The highest BCUT2D eigenvalue weighted by Gasteiger charge is 2.34. The van der Waals surface area contributed by atoms with Gasteiger partial charge in [-0.15, -0.1) is 0 Å². The third-order valence-corrected chi connectivity index (χ3v) is 7.13. The average Bonchev–Trinajstić information content (AvgIpc) is 3.68. The van der Waals surface area contributed by atoms with Crippen LogP contribution in [0.1, 0.15) is 59.8 Å². The summed E-state index contributed by atoms with van der Waals surface area (Å²) in [5, 5.41) is 0. The quantitative estimate of drug-likeness (QED) is 0.288. The van der Waals surface area contributed by atoms with Gasteiger partial charge in [-0.05, 0) is 62.1 Å². The van der Waals surface area contributed by atoms with Gasteiger partial charge in [0, 0.05) is 31.8 Å². The average molecular weight is 526 g/mol. The molecule has 4 heterocycles. The number of carbonyl (C=O) groups excluding carboxylic acids is 1. The zero-order valence-electron chi connectivity index (χ0n) is 20.5. The second kappa shape index (κ2) is 9.83. The molecule has 4 aromatic rings.